The first-order valence-electron chi connectivity index (χ1n) is 4.11. The minimum Gasteiger partial charge on any atom is -0.387 e. The largest absolute Gasteiger partial charge is 0.387 e. The second-order valence-corrected chi connectivity index (χ2v) is 4.24. The van der Waals surface area contributed by atoms with Crippen molar-refractivity contribution in [3.8, 4) is 0 Å². The van der Waals surface area contributed by atoms with E-state index in [-0.39, 0.29) is 6.10 Å². The first-order valence-corrected chi connectivity index (χ1v) is 5.19. The molecule has 1 atom stereocenters. The Balaban J connectivity index is 2.54. The van der Waals surface area contributed by atoms with Gasteiger partial charge >= 0.3 is 0 Å². The van der Waals surface area contributed by atoms with Crippen molar-refractivity contribution < 1.29 is 5.11 Å². The van der Waals surface area contributed by atoms with Crippen LogP contribution in [0.25, 0.3) is 0 Å². The summed E-state index contributed by atoms with van der Waals surface area (Å²) in [6, 6.07) is 0. The van der Waals surface area contributed by atoms with Gasteiger partial charge in [0.05, 0.1) is 21.1 Å². The van der Waals surface area contributed by atoms with E-state index in [0.717, 1.165) is 34.3 Å². The van der Waals surface area contributed by atoms with Crippen molar-refractivity contribution in [2.45, 2.75) is 32.4 Å². The highest BCUT2D eigenvalue weighted by Gasteiger charge is 2.23. The van der Waals surface area contributed by atoms with Gasteiger partial charge in [-0.05, 0) is 42.4 Å². The first kappa shape index (κ1) is 8.50. The number of hydrogen-bond donors (Lipinski definition) is 1. The Labute approximate surface area is 84.9 Å². The summed E-state index contributed by atoms with van der Waals surface area (Å²) in [5.41, 5.74) is 2.05. The summed E-state index contributed by atoms with van der Waals surface area (Å²) in [5, 5.41) is 14.0. The van der Waals surface area contributed by atoms with Crippen molar-refractivity contribution in [3.63, 3.8) is 0 Å². The minimum absolute atomic E-state index is 0.299. The van der Waals surface area contributed by atoms with Crippen molar-refractivity contribution in [2.75, 3.05) is 0 Å². The third kappa shape index (κ3) is 1.17. The summed E-state index contributed by atoms with van der Waals surface area (Å²) in [6.07, 6.45) is 1.61. The van der Waals surface area contributed by atoms with Crippen LogP contribution in [0.4, 0.5) is 0 Å². The Morgan fingerprint density at radius 2 is 2.42 bits per heavy atom. The zero-order valence-electron chi connectivity index (χ0n) is 6.92. The Bertz CT molecular complexity index is 308. The predicted molar refractivity (Wildman–Crippen MR) is 53.9 cm³/mol. The van der Waals surface area contributed by atoms with E-state index in [0.29, 0.717) is 0 Å². The lowest BCUT2D eigenvalue weighted by Gasteiger charge is -2.19. The van der Waals surface area contributed by atoms with Gasteiger partial charge < -0.3 is 5.11 Å². The molecule has 0 radical (unpaired) electrons. The predicted octanol–water partition coefficient (Wildman–Crippen LogP) is 1.62. The van der Waals surface area contributed by atoms with E-state index in [4.69, 9.17) is 0 Å². The van der Waals surface area contributed by atoms with Crippen molar-refractivity contribution >= 4 is 22.6 Å². The van der Waals surface area contributed by atoms with Crippen LogP contribution in [0.3, 0.4) is 0 Å². The molecule has 4 heteroatoms. The van der Waals surface area contributed by atoms with Gasteiger partial charge in [-0.2, -0.15) is 5.10 Å². The van der Waals surface area contributed by atoms with E-state index < -0.39 is 0 Å². The van der Waals surface area contributed by atoms with Crippen LogP contribution in [0, 0.1) is 10.5 Å². The van der Waals surface area contributed by atoms with Crippen LogP contribution >= 0.6 is 22.6 Å². The molecular formula is C8H11IN2O. The van der Waals surface area contributed by atoms with Crippen molar-refractivity contribution in [3.05, 3.63) is 15.0 Å². The molecule has 1 N–H and O–H groups in total. The number of aliphatic hydroxyl groups is 1. The molecule has 2 rings (SSSR count). The molecule has 1 aromatic heterocycles. The van der Waals surface area contributed by atoms with Gasteiger partial charge in [-0.3, -0.25) is 4.68 Å². The molecule has 0 saturated carbocycles. The van der Waals surface area contributed by atoms with Gasteiger partial charge in [0, 0.05) is 6.54 Å². The summed E-state index contributed by atoms with van der Waals surface area (Å²) in [7, 11) is 0. The molecule has 0 amide bonds. The molecule has 2 heterocycles. The number of halogens is 1. The molecule has 0 aromatic carbocycles. The molecule has 0 spiro atoms. The Morgan fingerprint density at radius 3 is 3.08 bits per heavy atom. The van der Waals surface area contributed by atoms with Crippen LogP contribution in [-0.4, -0.2) is 14.9 Å². The number of aromatic nitrogens is 2. The second kappa shape index (κ2) is 2.99. The van der Waals surface area contributed by atoms with Gasteiger partial charge in [0.15, 0.2) is 0 Å². The fourth-order valence-corrected chi connectivity index (χ4v) is 2.38. The summed E-state index contributed by atoms with van der Waals surface area (Å²) < 4.78 is 3.06. The third-order valence-corrected chi connectivity index (χ3v) is 3.59. The molecule has 0 aliphatic carbocycles. The normalized spacial score (nSPS) is 22.4. The highest BCUT2D eigenvalue weighted by atomic mass is 127. The van der Waals surface area contributed by atoms with Crippen LogP contribution in [0.1, 0.15) is 30.3 Å². The number of rotatable bonds is 0. The molecule has 1 aliphatic heterocycles. The van der Waals surface area contributed by atoms with Crippen LogP contribution in [0.2, 0.25) is 0 Å². The maximum absolute atomic E-state index is 9.69. The third-order valence-electron chi connectivity index (χ3n) is 2.25. The number of fused-ring (bicyclic) bond motifs is 1. The Kier molecular flexibility index (Phi) is 2.12. The van der Waals surface area contributed by atoms with E-state index in [9.17, 15) is 5.11 Å². The molecule has 12 heavy (non-hydrogen) atoms. The average molecular weight is 278 g/mol. The second-order valence-electron chi connectivity index (χ2n) is 3.17. The average Bonchev–Trinajstić information content (AvgIpc) is 2.29. The standard InChI is InChI=1S/C8H11IN2O/c1-5-7(9)8-6(12)3-2-4-11(8)10-5/h6,12H,2-4H2,1H3. The molecule has 1 unspecified atom stereocenters. The maximum atomic E-state index is 9.69. The van der Waals surface area contributed by atoms with Crippen molar-refractivity contribution in [1.29, 1.82) is 0 Å². The fraction of sp³-hybridized carbons (Fsp3) is 0.625. The molecule has 0 saturated heterocycles. The first-order chi connectivity index (χ1) is 5.70. The zero-order valence-corrected chi connectivity index (χ0v) is 9.08. The van der Waals surface area contributed by atoms with E-state index in [2.05, 4.69) is 27.7 Å². The van der Waals surface area contributed by atoms with Gasteiger partial charge in [0.25, 0.3) is 0 Å². The SMILES string of the molecule is Cc1nn2c(c1I)C(O)CCC2. The lowest BCUT2D eigenvalue weighted by Crippen LogP contribution is -2.16. The van der Waals surface area contributed by atoms with Crippen LogP contribution < -0.4 is 0 Å². The Hall–Kier alpha value is -0.100. The van der Waals surface area contributed by atoms with Gasteiger partial charge in [0.2, 0.25) is 0 Å². The topological polar surface area (TPSA) is 38.0 Å². The molecule has 3 nitrogen and oxygen atoms in total. The van der Waals surface area contributed by atoms with Crippen LogP contribution in [0.15, 0.2) is 0 Å². The van der Waals surface area contributed by atoms with Gasteiger partial charge in [-0.1, -0.05) is 0 Å². The number of nitrogens with zero attached hydrogens (tertiary/aromatic N) is 2. The maximum Gasteiger partial charge on any atom is 0.0968 e. The molecule has 66 valence electrons. The smallest absolute Gasteiger partial charge is 0.0968 e. The summed E-state index contributed by atoms with van der Waals surface area (Å²) >= 11 is 2.25. The Morgan fingerprint density at radius 1 is 1.67 bits per heavy atom. The van der Waals surface area contributed by atoms with Crippen molar-refractivity contribution in [1.82, 2.24) is 9.78 Å². The molecule has 0 fully saturated rings. The number of hydrogen-bond acceptors (Lipinski definition) is 2. The van der Waals surface area contributed by atoms with E-state index in [1.807, 2.05) is 11.6 Å². The lowest BCUT2D eigenvalue weighted by molar-refractivity contribution is 0.134. The van der Waals surface area contributed by atoms with Gasteiger partial charge in [-0.25, -0.2) is 0 Å². The molecule has 1 aromatic rings. The van der Waals surface area contributed by atoms with Crippen molar-refractivity contribution in [2.24, 2.45) is 0 Å². The quantitative estimate of drug-likeness (QED) is 0.732. The summed E-state index contributed by atoms with van der Waals surface area (Å²) in [4.78, 5) is 0. The summed E-state index contributed by atoms with van der Waals surface area (Å²) in [6.45, 7) is 2.94. The lowest BCUT2D eigenvalue weighted by atomic mass is 10.1. The van der Waals surface area contributed by atoms with Gasteiger partial charge in [-0.15, -0.1) is 0 Å². The molecule has 1 aliphatic rings. The van der Waals surface area contributed by atoms with E-state index in [1.165, 1.54) is 0 Å². The number of aryl methyl sites for hydroxylation is 2. The zero-order chi connectivity index (χ0) is 8.72. The fourth-order valence-electron chi connectivity index (χ4n) is 1.64. The summed E-state index contributed by atoms with van der Waals surface area (Å²) in [5.74, 6) is 0. The van der Waals surface area contributed by atoms with E-state index >= 15 is 0 Å². The highest BCUT2D eigenvalue weighted by molar-refractivity contribution is 14.1. The van der Waals surface area contributed by atoms with Gasteiger partial charge in [0.1, 0.15) is 0 Å². The molecular weight excluding hydrogens is 267 g/mol. The van der Waals surface area contributed by atoms with Crippen LogP contribution in [-0.2, 0) is 6.54 Å². The molecule has 0 bridgehead atoms. The monoisotopic (exact) mass is 278 g/mol. The number of aliphatic hydroxyl groups excluding tert-OH is 1. The highest BCUT2D eigenvalue weighted by Crippen LogP contribution is 2.29. The minimum atomic E-state index is -0.299. The van der Waals surface area contributed by atoms with Crippen LogP contribution in [0.5, 0.6) is 0 Å². The van der Waals surface area contributed by atoms with E-state index in [1.54, 1.807) is 0 Å².